The summed E-state index contributed by atoms with van der Waals surface area (Å²) in [6.45, 7) is 0. The zero-order valence-electron chi connectivity index (χ0n) is 9.29. The Morgan fingerprint density at radius 3 is 2.78 bits per heavy atom. The lowest BCUT2D eigenvalue weighted by molar-refractivity contribution is 0.102. The van der Waals surface area contributed by atoms with E-state index >= 15 is 0 Å². The Morgan fingerprint density at radius 1 is 1.33 bits per heavy atom. The van der Waals surface area contributed by atoms with Crippen molar-refractivity contribution in [2.24, 2.45) is 0 Å². The lowest BCUT2D eigenvalue weighted by Gasteiger charge is -2.05. The molecule has 2 N–H and O–H groups in total. The lowest BCUT2D eigenvalue weighted by atomic mass is 10.2. The minimum Gasteiger partial charge on any atom is -0.508 e. The smallest absolute Gasteiger partial charge is 0.257 e. The van der Waals surface area contributed by atoms with Crippen LogP contribution in [0.3, 0.4) is 0 Å². The minimum absolute atomic E-state index is 0.0748. The van der Waals surface area contributed by atoms with E-state index in [1.807, 2.05) is 6.07 Å². The summed E-state index contributed by atoms with van der Waals surface area (Å²) in [5.41, 5.74) is 1.09. The van der Waals surface area contributed by atoms with Crippen LogP contribution in [-0.4, -0.2) is 16.0 Å². The van der Waals surface area contributed by atoms with E-state index in [0.717, 1.165) is 0 Å². The van der Waals surface area contributed by atoms with Gasteiger partial charge in [0.05, 0.1) is 5.56 Å². The maximum Gasteiger partial charge on any atom is 0.257 e. The Morgan fingerprint density at radius 2 is 2.17 bits per heavy atom. The van der Waals surface area contributed by atoms with E-state index in [0.29, 0.717) is 11.3 Å². The molecule has 1 aromatic heterocycles. The predicted octanol–water partition coefficient (Wildman–Crippen LogP) is 1.91. The van der Waals surface area contributed by atoms with Gasteiger partial charge in [-0.1, -0.05) is 6.07 Å². The van der Waals surface area contributed by atoms with Gasteiger partial charge >= 0.3 is 0 Å². The molecule has 0 fully saturated rings. The molecule has 5 nitrogen and oxygen atoms in total. The second-order valence-electron chi connectivity index (χ2n) is 3.55. The maximum absolute atomic E-state index is 11.8. The lowest BCUT2D eigenvalue weighted by Crippen LogP contribution is -2.12. The minimum atomic E-state index is -0.349. The maximum atomic E-state index is 11.8. The molecule has 0 unspecified atom stereocenters. The summed E-state index contributed by atoms with van der Waals surface area (Å²) in [5.74, 6) is -0.275. The molecule has 88 valence electrons. The summed E-state index contributed by atoms with van der Waals surface area (Å²) >= 11 is 0. The molecule has 0 aliphatic carbocycles. The fourth-order valence-corrected chi connectivity index (χ4v) is 1.38. The molecule has 0 aliphatic rings. The number of aromatic hydroxyl groups is 1. The first-order chi connectivity index (χ1) is 8.69. The molecule has 2 aromatic rings. The molecule has 1 amide bonds. The van der Waals surface area contributed by atoms with Crippen LogP contribution in [0.15, 0.2) is 42.6 Å². The van der Waals surface area contributed by atoms with Gasteiger partial charge < -0.3 is 10.4 Å². The highest BCUT2D eigenvalue weighted by atomic mass is 16.3. The van der Waals surface area contributed by atoms with Gasteiger partial charge in [-0.2, -0.15) is 5.26 Å². The molecule has 0 atom stereocenters. The van der Waals surface area contributed by atoms with Gasteiger partial charge in [-0.05, 0) is 24.3 Å². The van der Waals surface area contributed by atoms with Crippen LogP contribution in [0, 0.1) is 11.3 Å². The molecule has 5 heteroatoms. The standard InChI is InChI=1S/C13H9N3O2/c14-7-11-5-4-9(8-15-11)13(18)16-10-2-1-3-12(17)6-10/h1-6,8,17H,(H,16,18). The quantitative estimate of drug-likeness (QED) is 0.838. The van der Waals surface area contributed by atoms with Crippen LogP contribution >= 0.6 is 0 Å². The van der Waals surface area contributed by atoms with Crippen molar-refractivity contribution in [1.29, 1.82) is 5.26 Å². The summed E-state index contributed by atoms with van der Waals surface area (Å²) in [7, 11) is 0. The number of aromatic nitrogens is 1. The van der Waals surface area contributed by atoms with Crippen molar-refractivity contribution in [1.82, 2.24) is 4.98 Å². The number of phenolic OH excluding ortho intramolecular Hbond substituents is 1. The van der Waals surface area contributed by atoms with Crippen molar-refractivity contribution in [3.05, 3.63) is 53.9 Å². The molecule has 1 heterocycles. The number of rotatable bonds is 2. The van der Waals surface area contributed by atoms with Crippen LogP contribution in [0.4, 0.5) is 5.69 Å². The normalized spacial score (nSPS) is 9.50. The molecule has 0 bridgehead atoms. The van der Waals surface area contributed by atoms with E-state index in [4.69, 9.17) is 5.26 Å². The number of carbonyl (C=O) groups excluding carboxylic acids is 1. The van der Waals surface area contributed by atoms with Crippen LogP contribution in [0.5, 0.6) is 5.75 Å². The third-order valence-electron chi connectivity index (χ3n) is 2.24. The fourth-order valence-electron chi connectivity index (χ4n) is 1.38. The molecule has 0 aliphatic heterocycles. The zero-order valence-corrected chi connectivity index (χ0v) is 9.29. The van der Waals surface area contributed by atoms with Crippen LogP contribution in [0.25, 0.3) is 0 Å². The van der Waals surface area contributed by atoms with Gasteiger partial charge in [-0.15, -0.1) is 0 Å². The molecule has 0 radical (unpaired) electrons. The molecule has 0 saturated heterocycles. The van der Waals surface area contributed by atoms with E-state index in [9.17, 15) is 9.90 Å². The number of nitriles is 1. The van der Waals surface area contributed by atoms with E-state index < -0.39 is 0 Å². The molecule has 0 saturated carbocycles. The number of amides is 1. The second kappa shape index (κ2) is 4.97. The van der Waals surface area contributed by atoms with E-state index in [-0.39, 0.29) is 17.4 Å². The highest BCUT2D eigenvalue weighted by molar-refractivity contribution is 6.04. The summed E-state index contributed by atoms with van der Waals surface area (Å²) in [6, 6.07) is 11.1. The highest BCUT2D eigenvalue weighted by Gasteiger charge is 2.06. The highest BCUT2D eigenvalue weighted by Crippen LogP contribution is 2.16. The Hall–Kier alpha value is -2.87. The van der Waals surface area contributed by atoms with Crippen molar-refractivity contribution in [2.75, 3.05) is 5.32 Å². The zero-order chi connectivity index (χ0) is 13.0. The predicted molar refractivity (Wildman–Crippen MR) is 65.0 cm³/mol. The van der Waals surface area contributed by atoms with Gasteiger partial charge in [-0.25, -0.2) is 4.98 Å². The number of anilines is 1. The first-order valence-corrected chi connectivity index (χ1v) is 5.15. The number of nitrogens with zero attached hydrogens (tertiary/aromatic N) is 2. The fraction of sp³-hybridized carbons (Fsp3) is 0. The first-order valence-electron chi connectivity index (χ1n) is 5.15. The second-order valence-corrected chi connectivity index (χ2v) is 3.55. The Bertz CT molecular complexity index is 615. The van der Waals surface area contributed by atoms with Gasteiger partial charge in [0.25, 0.3) is 5.91 Å². The summed E-state index contributed by atoms with van der Waals surface area (Å²) in [6.07, 6.45) is 1.33. The number of pyridine rings is 1. The summed E-state index contributed by atoms with van der Waals surface area (Å²) in [5, 5.41) is 20.5. The SMILES string of the molecule is N#Cc1ccc(C(=O)Nc2cccc(O)c2)cn1. The number of nitrogens with one attached hydrogen (secondary N) is 1. The van der Waals surface area contributed by atoms with Crippen molar-refractivity contribution in [3.8, 4) is 11.8 Å². The van der Waals surface area contributed by atoms with Crippen molar-refractivity contribution in [3.63, 3.8) is 0 Å². The van der Waals surface area contributed by atoms with Crippen molar-refractivity contribution in [2.45, 2.75) is 0 Å². The first kappa shape index (κ1) is 11.6. The molecule has 2 rings (SSSR count). The van der Waals surface area contributed by atoms with Crippen molar-refractivity contribution < 1.29 is 9.90 Å². The van der Waals surface area contributed by atoms with Gasteiger partial charge in [0.1, 0.15) is 17.5 Å². The Kier molecular flexibility index (Phi) is 3.21. The third kappa shape index (κ3) is 2.62. The van der Waals surface area contributed by atoms with Crippen LogP contribution < -0.4 is 5.32 Å². The van der Waals surface area contributed by atoms with Crippen LogP contribution in [-0.2, 0) is 0 Å². The molecule has 18 heavy (non-hydrogen) atoms. The largest absolute Gasteiger partial charge is 0.508 e. The molecule has 0 spiro atoms. The summed E-state index contributed by atoms with van der Waals surface area (Å²) < 4.78 is 0. The monoisotopic (exact) mass is 239 g/mol. The summed E-state index contributed by atoms with van der Waals surface area (Å²) in [4.78, 5) is 15.6. The third-order valence-corrected chi connectivity index (χ3v) is 2.24. The van der Waals surface area contributed by atoms with Gasteiger partial charge in [0.15, 0.2) is 0 Å². The van der Waals surface area contributed by atoms with Gasteiger partial charge in [0, 0.05) is 18.0 Å². The van der Waals surface area contributed by atoms with Crippen LogP contribution in [0.2, 0.25) is 0 Å². The van der Waals surface area contributed by atoms with Gasteiger partial charge in [-0.3, -0.25) is 4.79 Å². The number of phenols is 1. The Balaban J connectivity index is 2.14. The average molecular weight is 239 g/mol. The van der Waals surface area contributed by atoms with E-state index in [1.165, 1.54) is 30.5 Å². The molecular formula is C13H9N3O2. The molecule has 1 aromatic carbocycles. The number of hydrogen-bond acceptors (Lipinski definition) is 4. The van der Waals surface area contributed by atoms with E-state index in [1.54, 1.807) is 12.1 Å². The molecular weight excluding hydrogens is 230 g/mol. The van der Waals surface area contributed by atoms with Crippen LogP contribution in [0.1, 0.15) is 16.1 Å². The number of hydrogen-bond donors (Lipinski definition) is 2. The number of benzene rings is 1. The van der Waals surface area contributed by atoms with Gasteiger partial charge in [0.2, 0.25) is 0 Å². The Labute approximate surface area is 103 Å². The average Bonchev–Trinajstić information content (AvgIpc) is 2.39. The number of carbonyl (C=O) groups is 1. The van der Waals surface area contributed by atoms with Crippen molar-refractivity contribution >= 4 is 11.6 Å². The topological polar surface area (TPSA) is 86.0 Å². The van der Waals surface area contributed by atoms with E-state index in [2.05, 4.69) is 10.3 Å².